The number of para-hydroxylation sites is 3. The summed E-state index contributed by atoms with van der Waals surface area (Å²) in [5.74, 6) is 1.07. The first-order valence-electron chi connectivity index (χ1n) is 17.4. The van der Waals surface area contributed by atoms with Crippen molar-refractivity contribution in [2.75, 3.05) is 4.90 Å². The number of benzene rings is 7. The van der Waals surface area contributed by atoms with Gasteiger partial charge >= 0.3 is 0 Å². The molecule has 1 unspecified atom stereocenters. The lowest BCUT2D eigenvalue weighted by molar-refractivity contribution is 0.606. The average molecular weight is 647 g/mol. The fourth-order valence-corrected chi connectivity index (χ4v) is 6.82. The number of rotatable bonds is 9. The van der Waals surface area contributed by atoms with E-state index < -0.39 is 0 Å². The predicted molar refractivity (Wildman–Crippen MR) is 209 cm³/mol. The Kier molecular flexibility index (Phi) is 8.54. The van der Waals surface area contributed by atoms with Crippen LogP contribution in [0.5, 0.6) is 0 Å². The van der Waals surface area contributed by atoms with Gasteiger partial charge < -0.3 is 9.32 Å². The number of oxazole rings is 1. The van der Waals surface area contributed by atoms with Crippen molar-refractivity contribution >= 4 is 28.2 Å². The summed E-state index contributed by atoms with van der Waals surface area (Å²) < 4.78 is 6.37. The van der Waals surface area contributed by atoms with Crippen LogP contribution in [-0.2, 0) is 0 Å². The summed E-state index contributed by atoms with van der Waals surface area (Å²) in [5, 5.41) is 0. The van der Waals surface area contributed by atoms with Crippen LogP contribution in [-0.4, -0.2) is 4.98 Å². The minimum atomic E-state index is 0.414. The van der Waals surface area contributed by atoms with E-state index in [4.69, 9.17) is 9.40 Å². The Bertz CT molecular complexity index is 2320. The van der Waals surface area contributed by atoms with Gasteiger partial charge in [0.2, 0.25) is 5.89 Å². The average Bonchev–Trinajstić information content (AvgIpc) is 3.64. The Hall–Kier alpha value is -6.19. The lowest BCUT2D eigenvalue weighted by Gasteiger charge is -2.25. The largest absolute Gasteiger partial charge is 0.436 e. The zero-order valence-corrected chi connectivity index (χ0v) is 28.3. The van der Waals surface area contributed by atoms with Crippen LogP contribution in [0, 0.1) is 0 Å². The van der Waals surface area contributed by atoms with E-state index in [1.54, 1.807) is 0 Å². The maximum absolute atomic E-state index is 6.37. The number of hydrogen-bond acceptors (Lipinski definition) is 3. The molecule has 0 aliphatic rings. The molecule has 1 heterocycles. The molecule has 242 valence electrons. The molecule has 0 radical (unpaired) electrons. The molecule has 50 heavy (non-hydrogen) atoms. The summed E-state index contributed by atoms with van der Waals surface area (Å²) in [4.78, 5) is 7.15. The van der Waals surface area contributed by atoms with E-state index in [9.17, 15) is 0 Å². The lowest BCUT2D eigenvalue weighted by atomic mass is 9.89. The Morgan fingerprint density at radius 2 is 0.940 bits per heavy atom. The van der Waals surface area contributed by atoms with Gasteiger partial charge in [0.05, 0.1) is 0 Å². The van der Waals surface area contributed by atoms with E-state index in [2.05, 4.69) is 189 Å². The minimum Gasteiger partial charge on any atom is -0.436 e. The fraction of sp³-hybridized carbons (Fsp3) is 0.0851. The Balaban J connectivity index is 1.13. The van der Waals surface area contributed by atoms with Crippen LogP contribution >= 0.6 is 0 Å². The van der Waals surface area contributed by atoms with Gasteiger partial charge in [-0.2, -0.15) is 0 Å². The van der Waals surface area contributed by atoms with E-state index in [-0.39, 0.29) is 0 Å². The molecule has 0 bridgehead atoms. The van der Waals surface area contributed by atoms with Crippen LogP contribution in [0.2, 0.25) is 0 Å². The van der Waals surface area contributed by atoms with Gasteiger partial charge in [-0.05, 0) is 106 Å². The highest BCUT2D eigenvalue weighted by Crippen LogP contribution is 2.41. The third kappa shape index (κ3) is 5.99. The quantitative estimate of drug-likeness (QED) is 0.156. The van der Waals surface area contributed by atoms with Crippen molar-refractivity contribution in [2.45, 2.75) is 26.2 Å². The molecule has 8 rings (SSSR count). The van der Waals surface area contributed by atoms with Crippen molar-refractivity contribution in [3.8, 4) is 44.8 Å². The first kappa shape index (κ1) is 31.1. The third-order valence-corrected chi connectivity index (χ3v) is 9.64. The summed E-state index contributed by atoms with van der Waals surface area (Å²) in [6.07, 6.45) is 1.05. The summed E-state index contributed by atoms with van der Waals surface area (Å²) in [7, 11) is 0. The summed E-state index contributed by atoms with van der Waals surface area (Å²) in [6.45, 7) is 4.44. The van der Waals surface area contributed by atoms with Crippen LogP contribution < -0.4 is 4.90 Å². The maximum atomic E-state index is 6.37. The van der Waals surface area contributed by atoms with Crippen molar-refractivity contribution < 1.29 is 4.42 Å². The van der Waals surface area contributed by atoms with Crippen LogP contribution in [0.15, 0.2) is 180 Å². The highest BCUT2D eigenvalue weighted by molar-refractivity contribution is 5.92. The molecule has 0 aliphatic heterocycles. The Morgan fingerprint density at radius 3 is 1.48 bits per heavy atom. The Morgan fingerprint density at radius 1 is 0.480 bits per heavy atom. The Labute approximate surface area is 294 Å². The number of fused-ring (bicyclic) bond motifs is 1. The molecule has 0 aliphatic carbocycles. The minimum absolute atomic E-state index is 0.414. The SMILES string of the molecule is CCC(C)c1cccc2nc(-c3ccc(-c4ccccc4-c4ccccc4-c4ccc(N(c5ccccc5)c5ccccc5)cc4)cc3)oc12. The smallest absolute Gasteiger partial charge is 0.227 e. The highest BCUT2D eigenvalue weighted by atomic mass is 16.3. The number of anilines is 3. The number of hydrogen-bond donors (Lipinski definition) is 0. The second-order valence-electron chi connectivity index (χ2n) is 12.7. The second kappa shape index (κ2) is 13.7. The van der Waals surface area contributed by atoms with E-state index in [1.165, 1.54) is 33.4 Å². The molecular weight excluding hydrogens is 609 g/mol. The van der Waals surface area contributed by atoms with Crippen LogP contribution in [0.1, 0.15) is 31.7 Å². The molecule has 0 N–H and O–H groups in total. The lowest BCUT2D eigenvalue weighted by Crippen LogP contribution is -2.09. The molecule has 0 saturated carbocycles. The molecule has 0 amide bonds. The predicted octanol–water partition coefficient (Wildman–Crippen LogP) is 13.5. The molecule has 0 fully saturated rings. The first-order valence-corrected chi connectivity index (χ1v) is 17.4. The van der Waals surface area contributed by atoms with E-state index in [0.29, 0.717) is 11.8 Å². The third-order valence-electron chi connectivity index (χ3n) is 9.64. The van der Waals surface area contributed by atoms with Gasteiger partial charge in [-0.3, -0.25) is 0 Å². The van der Waals surface area contributed by atoms with Gasteiger partial charge in [-0.1, -0.05) is 135 Å². The van der Waals surface area contributed by atoms with Gasteiger partial charge in [0, 0.05) is 22.6 Å². The summed E-state index contributed by atoms with van der Waals surface area (Å²) >= 11 is 0. The molecule has 1 atom stereocenters. The fourth-order valence-electron chi connectivity index (χ4n) is 6.82. The van der Waals surface area contributed by atoms with Crippen molar-refractivity contribution in [2.24, 2.45) is 0 Å². The molecule has 3 heteroatoms. The molecule has 0 saturated heterocycles. The molecule has 8 aromatic rings. The van der Waals surface area contributed by atoms with E-state index in [1.807, 2.05) is 6.07 Å². The molecule has 3 nitrogen and oxygen atoms in total. The van der Waals surface area contributed by atoms with Crippen molar-refractivity contribution in [1.29, 1.82) is 0 Å². The highest BCUT2D eigenvalue weighted by Gasteiger charge is 2.17. The first-order chi connectivity index (χ1) is 24.7. The number of aromatic nitrogens is 1. The van der Waals surface area contributed by atoms with Gasteiger partial charge in [0.1, 0.15) is 5.52 Å². The second-order valence-corrected chi connectivity index (χ2v) is 12.7. The zero-order valence-electron chi connectivity index (χ0n) is 28.3. The van der Waals surface area contributed by atoms with Gasteiger partial charge in [-0.15, -0.1) is 0 Å². The molecule has 0 spiro atoms. The normalized spacial score (nSPS) is 11.8. The summed E-state index contributed by atoms with van der Waals surface area (Å²) in [5.41, 5.74) is 14.4. The van der Waals surface area contributed by atoms with Gasteiger partial charge in [0.15, 0.2) is 5.58 Å². The van der Waals surface area contributed by atoms with E-state index in [0.717, 1.165) is 45.7 Å². The monoisotopic (exact) mass is 646 g/mol. The number of nitrogens with zero attached hydrogens (tertiary/aromatic N) is 2. The van der Waals surface area contributed by atoms with E-state index >= 15 is 0 Å². The molecule has 7 aromatic carbocycles. The van der Waals surface area contributed by atoms with Crippen LogP contribution in [0.4, 0.5) is 17.1 Å². The maximum Gasteiger partial charge on any atom is 0.227 e. The zero-order chi connectivity index (χ0) is 33.9. The van der Waals surface area contributed by atoms with Crippen molar-refractivity contribution in [3.63, 3.8) is 0 Å². The van der Waals surface area contributed by atoms with Crippen molar-refractivity contribution in [3.05, 3.63) is 181 Å². The molecule has 1 aromatic heterocycles. The van der Waals surface area contributed by atoms with Crippen molar-refractivity contribution in [1.82, 2.24) is 4.98 Å². The van der Waals surface area contributed by atoms with Gasteiger partial charge in [0.25, 0.3) is 0 Å². The molecular formula is C47H38N2O. The topological polar surface area (TPSA) is 29.3 Å². The standard InChI is InChI=1S/C47H38N2O/c1-3-33(2)40-23-14-24-45-46(40)50-47(48-45)36-27-25-34(26-28-36)41-19-10-12-21-43(41)44-22-13-11-20-42(44)35-29-31-39(32-30-35)49(37-15-6-4-7-16-37)38-17-8-5-9-18-38/h4-33H,3H2,1-2H3. The van der Waals surface area contributed by atoms with Gasteiger partial charge in [-0.25, -0.2) is 4.98 Å². The van der Waals surface area contributed by atoms with Crippen LogP contribution in [0.3, 0.4) is 0 Å². The van der Waals surface area contributed by atoms with Crippen LogP contribution in [0.25, 0.3) is 55.9 Å². The summed E-state index contributed by atoms with van der Waals surface area (Å²) in [6, 6.07) is 62.2.